The molecule has 0 saturated heterocycles. The average Bonchev–Trinajstić information content (AvgIpc) is 3.01. The van der Waals surface area contributed by atoms with Crippen molar-refractivity contribution in [2.75, 3.05) is 19.6 Å². The highest BCUT2D eigenvalue weighted by Gasteiger charge is 2.17. The van der Waals surface area contributed by atoms with Crippen LogP contribution in [0.15, 0.2) is 28.8 Å². The van der Waals surface area contributed by atoms with Crippen LogP contribution in [0.1, 0.15) is 50.4 Å². The predicted molar refractivity (Wildman–Crippen MR) is 106 cm³/mol. The molecule has 1 amide bonds. The molecule has 2 rings (SSSR count). The lowest BCUT2D eigenvalue weighted by Gasteiger charge is -2.13. The van der Waals surface area contributed by atoms with Crippen LogP contribution < -0.4 is 10.6 Å². The average molecular weight is 381 g/mol. The zero-order chi connectivity index (χ0) is 18.3. The van der Waals surface area contributed by atoms with E-state index >= 15 is 0 Å². The molecular formula is C19H29ClN4O2. The number of rotatable bonds is 8. The van der Waals surface area contributed by atoms with Crippen molar-refractivity contribution in [1.29, 1.82) is 0 Å². The lowest BCUT2D eigenvalue weighted by atomic mass is 9.92. The molecule has 0 fully saturated rings. The Kier molecular flexibility index (Phi) is 8.75. The highest BCUT2D eigenvalue weighted by Crippen LogP contribution is 2.22. The summed E-state index contributed by atoms with van der Waals surface area (Å²) in [6.45, 7) is 10.8. The summed E-state index contributed by atoms with van der Waals surface area (Å²) in [7, 11) is 0. The van der Waals surface area contributed by atoms with Crippen molar-refractivity contribution >= 4 is 18.3 Å². The third kappa shape index (κ3) is 7.14. The molecule has 0 atom stereocenters. The predicted octanol–water partition coefficient (Wildman–Crippen LogP) is 3.48. The first-order valence-electron chi connectivity index (χ1n) is 8.81. The molecule has 144 valence electrons. The summed E-state index contributed by atoms with van der Waals surface area (Å²) >= 11 is 0. The Hall–Kier alpha value is -1.92. The van der Waals surface area contributed by atoms with E-state index in [1.807, 2.05) is 12.1 Å². The van der Waals surface area contributed by atoms with Gasteiger partial charge in [0.05, 0.1) is 0 Å². The summed E-state index contributed by atoms with van der Waals surface area (Å²) in [4.78, 5) is 16.5. The number of halogens is 1. The molecule has 0 spiro atoms. The molecule has 0 aliphatic carbocycles. The molecule has 7 heteroatoms. The Bertz CT molecular complexity index is 678. The van der Waals surface area contributed by atoms with Gasteiger partial charge in [0.15, 0.2) is 0 Å². The number of nitrogens with one attached hydrogen (secondary N) is 2. The Morgan fingerprint density at radius 1 is 1.12 bits per heavy atom. The maximum Gasteiger partial charge on any atom is 0.251 e. The molecule has 1 heterocycles. The monoisotopic (exact) mass is 380 g/mol. The van der Waals surface area contributed by atoms with E-state index in [0.717, 1.165) is 31.5 Å². The molecule has 6 nitrogen and oxygen atoms in total. The Morgan fingerprint density at radius 2 is 1.81 bits per heavy atom. The normalized spacial score (nSPS) is 11.1. The van der Waals surface area contributed by atoms with Gasteiger partial charge >= 0.3 is 0 Å². The SMILES string of the molecule is CCCNCCNC(=O)c1ccc(-c2noc(CC(C)(C)C)n2)cc1.Cl. The second-order valence-electron chi connectivity index (χ2n) is 7.33. The maximum absolute atomic E-state index is 12.1. The van der Waals surface area contributed by atoms with Crippen LogP contribution in [0, 0.1) is 5.41 Å². The Labute approximate surface area is 161 Å². The van der Waals surface area contributed by atoms with Gasteiger partial charge in [0.2, 0.25) is 11.7 Å². The quantitative estimate of drug-likeness (QED) is 0.685. The van der Waals surface area contributed by atoms with Gasteiger partial charge in [-0.05, 0) is 30.5 Å². The van der Waals surface area contributed by atoms with E-state index < -0.39 is 0 Å². The number of carbonyl (C=O) groups excluding carboxylic acids is 1. The molecule has 0 aliphatic heterocycles. The summed E-state index contributed by atoms with van der Waals surface area (Å²) in [5, 5.41) is 10.2. The maximum atomic E-state index is 12.1. The molecule has 1 aromatic carbocycles. The molecule has 0 bridgehead atoms. The molecule has 2 aromatic rings. The zero-order valence-corrected chi connectivity index (χ0v) is 16.8. The van der Waals surface area contributed by atoms with Crippen LogP contribution in [0.25, 0.3) is 11.4 Å². The highest BCUT2D eigenvalue weighted by molar-refractivity contribution is 5.94. The van der Waals surface area contributed by atoms with Crippen molar-refractivity contribution in [3.8, 4) is 11.4 Å². The molecular weight excluding hydrogens is 352 g/mol. The summed E-state index contributed by atoms with van der Waals surface area (Å²) < 4.78 is 5.31. The number of hydrogen-bond donors (Lipinski definition) is 2. The lowest BCUT2D eigenvalue weighted by molar-refractivity contribution is 0.0954. The van der Waals surface area contributed by atoms with Crippen LogP contribution >= 0.6 is 12.4 Å². The van der Waals surface area contributed by atoms with Gasteiger partial charge in [-0.15, -0.1) is 12.4 Å². The summed E-state index contributed by atoms with van der Waals surface area (Å²) in [6, 6.07) is 7.25. The van der Waals surface area contributed by atoms with E-state index in [1.54, 1.807) is 12.1 Å². The molecule has 26 heavy (non-hydrogen) atoms. The smallest absolute Gasteiger partial charge is 0.251 e. The molecule has 0 radical (unpaired) electrons. The Morgan fingerprint density at radius 3 is 2.42 bits per heavy atom. The van der Waals surface area contributed by atoms with Gasteiger partial charge in [-0.2, -0.15) is 4.98 Å². The van der Waals surface area contributed by atoms with Gasteiger partial charge < -0.3 is 15.2 Å². The number of nitrogens with zero attached hydrogens (tertiary/aromatic N) is 2. The molecule has 0 saturated carbocycles. The number of aromatic nitrogens is 2. The minimum atomic E-state index is -0.0774. The van der Waals surface area contributed by atoms with Crippen LogP contribution in [-0.4, -0.2) is 35.7 Å². The first kappa shape index (κ1) is 22.1. The van der Waals surface area contributed by atoms with E-state index in [4.69, 9.17) is 4.52 Å². The fourth-order valence-corrected chi connectivity index (χ4v) is 2.34. The van der Waals surface area contributed by atoms with Crippen molar-refractivity contribution in [1.82, 2.24) is 20.8 Å². The largest absolute Gasteiger partial charge is 0.351 e. The highest BCUT2D eigenvalue weighted by atomic mass is 35.5. The number of hydrogen-bond acceptors (Lipinski definition) is 5. The standard InChI is InChI=1S/C19H28N4O2.ClH/c1-5-10-20-11-12-21-18(24)15-8-6-14(7-9-15)17-22-16(25-23-17)13-19(2,3)4;/h6-9,20H,5,10-13H2,1-4H3,(H,21,24);1H. The van der Waals surface area contributed by atoms with Crippen molar-refractivity contribution in [3.05, 3.63) is 35.7 Å². The summed E-state index contributed by atoms with van der Waals surface area (Å²) in [5.74, 6) is 1.10. The third-order valence-electron chi connectivity index (χ3n) is 3.57. The zero-order valence-electron chi connectivity index (χ0n) is 16.0. The lowest BCUT2D eigenvalue weighted by Crippen LogP contribution is -2.32. The van der Waals surface area contributed by atoms with Crippen molar-refractivity contribution in [2.24, 2.45) is 5.41 Å². The molecule has 1 aromatic heterocycles. The van der Waals surface area contributed by atoms with Gasteiger partial charge in [0.25, 0.3) is 5.91 Å². The second kappa shape index (κ2) is 10.3. The first-order chi connectivity index (χ1) is 11.9. The fraction of sp³-hybridized carbons (Fsp3) is 0.526. The van der Waals surface area contributed by atoms with E-state index in [2.05, 4.69) is 48.5 Å². The van der Waals surface area contributed by atoms with E-state index in [0.29, 0.717) is 23.8 Å². The number of amides is 1. The third-order valence-corrected chi connectivity index (χ3v) is 3.57. The summed E-state index contributed by atoms with van der Waals surface area (Å²) in [6.07, 6.45) is 1.81. The van der Waals surface area contributed by atoms with Gasteiger partial charge in [-0.1, -0.05) is 45.0 Å². The van der Waals surface area contributed by atoms with Crippen molar-refractivity contribution in [2.45, 2.75) is 40.5 Å². The molecule has 0 unspecified atom stereocenters. The van der Waals surface area contributed by atoms with Crippen molar-refractivity contribution < 1.29 is 9.32 Å². The van der Waals surface area contributed by atoms with Crippen LogP contribution in [0.3, 0.4) is 0 Å². The van der Waals surface area contributed by atoms with Crippen LogP contribution in [0.5, 0.6) is 0 Å². The van der Waals surface area contributed by atoms with Gasteiger partial charge in [0.1, 0.15) is 0 Å². The van der Waals surface area contributed by atoms with E-state index in [9.17, 15) is 4.79 Å². The van der Waals surface area contributed by atoms with Gasteiger partial charge in [0, 0.05) is 30.6 Å². The number of carbonyl (C=O) groups is 1. The minimum Gasteiger partial charge on any atom is -0.351 e. The fourth-order valence-electron chi connectivity index (χ4n) is 2.34. The number of benzene rings is 1. The summed E-state index contributed by atoms with van der Waals surface area (Å²) in [5.41, 5.74) is 1.56. The Balaban J connectivity index is 0.00000338. The van der Waals surface area contributed by atoms with Crippen molar-refractivity contribution in [3.63, 3.8) is 0 Å². The van der Waals surface area contributed by atoms with E-state index in [1.165, 1.54) is 0 Å². The first-order valence-corrected chi connectivity index (χ1v) is 8.81. The van der Waals surface area contributed by atoms with Crippen LogP contribution in [0.2, 0.25) is 0 Å². The van der Waals surface area contributed by atoms with Gasteiger partial charge in [-0.25, -0.2) is 0 Å². The molecule has 2 N–H and O–H groups in total. The van der Waals surface area contributed by atoms with Crippen LogP contribution in [0.4, 0.5) is 0 Å². The van der Waals surface area contributed by atoms with Crippen LogP contribution in [-0.2, 0) is 6.42 Å². The van der Waals surface area contributed by atoms with Gasteiger partial charge in [-0.3, -0.25) is 4.79 Å². The van der Waals surface area contributed by atoms with E-state index in [-0.39, 0.29) is 23.7 Å². The topological polar surface area (TPSA) is 80.0 Å². The minimum absolute atomic E-state index is 0. The molecule has 0 aliphatic rings. The second-order valence-corrected chi connectivity index (χ2v) is 7.33.